The van der Waals surface area contributed by atoms with Gasteiger partial charge in [0.05, 0.1) is 0 Å². The van der Waals surface area contributed by atoms with Gasteiger partial charge < -0.3 is 9.47 Å². The van der Waals surface area contributed by atoms with E-state index >= 15 is 0 Å². The van der Waals surface area contributed by atoms with Gasteiger partial charge in [-0.05, 0) is 33.7 Å². The van der Waals surface area contributed by atoms with Crippen LogP contribution in [0.1, 0.15) is 22.3 Å². The molecule has 0 aliphatic carbocycles. The van der Waals surface area contributed by atoms with Gasteiger partial charge in [0.1, 0.15) is 11.5 Å². The molecule has 2 atom stereocenters. The number of rotatable bonds is 9. The fourth-order valence-corrected chi connectivity index (χ4v) is 7.87. The topological polar surface area (TPSA) is 18.5 Å². The zero-order valence-electron chi connectivity index (χ0n) is 27.4. The molecule has 0 aliphatic rings. The van der Waals surface area contributed by atoms with Gasteiger partial charge in [-0.1, -0.05) is 200 Å². The molecular formula is C46H36O2P2. The molecule has 8 aromatic carbocycles. The van der Waals surface area contributed by atoms with Crippen LogP contribution in [-0.2, 0) is 10.7 Å². The Morgan fingerprint density at radius 1 is 0.300 bits per heavy atom. The lowest BCUT2D eigenvalue weighted by atomic mass is 9.91. The van der Waals surface area contributed by atoms with Gasteiger partial charge in [-0.2, -0.15) is 0 Å². The minimum atomic E-state index is -0.871. The Morgan fingerprint density at radius 2 is 0.580 bits per heavy atom. The van der Waals surface area contributed by atoms with Crippen LogP contribution >= 0.6 is 18.5 Å². The van der Waals surface area contributed by atoms with Gasteiger partial charge in [-0.25, -0.2) is 0 Å². The summed E-state index contributed by atoms with van der Waals surface area (Å²) in [7, 11) is 6.07. The van der Waals surface area contributed by atoms with E-state index in [-0.39, 0.29) is 0 Å². The highest BCUT2D eigenvalue weighted by Crippen LogP contribution is 2.51. The molecule has 2 nitrogen and oxygen atoms in total. The summed E-state index contributed by atoms with van der Waals surface area (Å²) in [5.74, 6) is 1.50. The molecule has 0 fully saturated rings. The summed E-state index contributed by atoms with van der Waals surface area (Å²) in [6, 6.07) is 67.1. The van der Waals surface area contributed by atoms with E-state index in [0.717, 1.165) is 66.4 Å². The van der Waals surface area contributed by atoms with Crippen LogP contribution in [0.15, 0.2) is 194 Å². The molecule has 0 bridgehead atoms. The number of fused-ring (bicyclic) bond motifs is 2. The van der Waals surface area contributed by atoms with Gasteiger partial charge >= 0.3 is 0 Å². The molecule has 8 rings (SSSR count). The van der Waals surface area contributed by atoms with Crippen molar-refractivity contribution in [2.24, 2.45) is 0 Å². The second kappa shape index (κ2) is 13.6. The van der Waals surface area contributed by atoms with Gasteiger partial charge in [-0.3, -0.25) is 0 Å². The van der Waals surface area contributed by atoms with Gasteiger partial charge in [-0.15, -0.1) is 0 Å². The number of hydrogen-bond donors (Lipinski definition) is 0. The molecule has 8 aromatic rings. The molecule has 0 N–H and O–H groups in total. The fourth-order valence-electron chi connectivity index (χ4n) is 6.85. The maximum absolute atomic E-state index is 7.37. The van der Waals surface area contributed by atoms with E-state index in [2.05, 4.69) is 188 Å². The predicted octanol–water partition coefficient (Wildman–Crippen LogP) is 12.0. The lowest BCUT2D eigenvalue weighted by Crippen LogP contribution is -2.28. The average Bonchev–Trinajstić information content (AvgIpc) is 3.19. The molecular weight excluding hydrogens is 646 g/mol. The van der Waals surface area contributed by atoms with Crippen molar-refractivity contribution in [2.45, 2.75) is 10.7 Å². The first-order chi connectivity index (χ1) is 24.5. The fraction of sp³-hybridized carbons (Fsp3) is 0.0435. The van der Waals surface area contributed by atoms with Crippen molar-refractivity contribution >= 4 is 40.0 Å². The summed E-state index contributed by atoms with van der Waals surface area (Å²) in [4.78, 5) is 0. The Balaban J connectivity index is 1.41. The zero-order valence-corrected chi connectivity index (χ0v) is 29.8. The van der Waals surface area contributed by atoms with Crippen LogP contribution in [0, 0.1) is 0 Å². The highest BCUT2D eigenvalue weighted by atomic mass is 31.0. The Morgan fingerprint density at radius 3 is 0.900 bits per heavy atom. The first-order valence-corrected chi connectivity index (χ1v) is 17.9. The van der Waals surface area contributed by atoms with E-state index in [1.165, 1.54) is 0 Å². The molecule has 0 radical (unpaired) electrons. The molecule has 2 unspecified atom stereocenters. The first-order valence-electron chi connectivity index (χ1n) is 16.8. The van der Waals surface area contributed by atoms with E-state index in [9.17, 15) is 0 Å². The molecule has 0 amide bonds. The van der Waals surface area contributed by atoms with Crippen LogP contribution < -0.4 is 9.47 Å². The van der Waals surface area contributed by atoms with Crippen molar-refractivity contribution in [3.05, 3.63) is 216 Å². The van der Waals surface area contributed by atoms with Crippen molar-refractivity contribution < 1.29 is 9.47 Å². The minimum Gasteiger partial charge on any atom is -0.473 e. The summed E-state index contributed by atoms with van der Waals surface area (Å²) >= 11 is 0. The third-order valence-electron chi connectivity index (χ3n) is 9.38. The molecule has 0 saturated heterocycles. The van der Waals surface area contributed by atoms with Crippen molar-refractivity contribution in [2.75, 3.05) is 0 Å². The van der Waals surface area contributed by atoms with Crippen molar-refractivity contribution in [3.63, 3.8) is 0 Å². The number of benzene rings is 8. The molecule has 50 heavy (non-hydrogen) atoms. The Hall–Kier alpha value is -5.26. The molecule has 0 aliphatic heterocycles. The smallest absolute Gasteiger partial charge is 0.171 e. The van der Waals surface area contributed by atoms with Crippen LogP contribution in [0.5, 0.6) is 11.5 Å². The molecule has 242 valence electrons. The minimum absolute atomic E-state index is 0.751. The van der Waals surface area contributed by atoms with Gasteiger partial charge in [0, 0.05) is 33.4 Å². The zero-order chi connectivity index (χ0) is 34.0. The van der Waals surface area contributed by atoms with Crippen LogP contribution in [-0.4, -0.2) is 0 Å². The summed E-state index contributed by atoms with van der Waals surface area (Å²) < 4.78 is 14.7. The summed E-state index contributed by atoms with van der Waals surface area (Å²) in [6.45, 7) is 0. The Labute approximate surface area is 298 Å². The van der Waals surface area contributed by atoms with Crippen LogP contribution in [0.3, 0.4) is 0 Å². The summed E-state index contributed by atoms with van der Waals surface area (Å²) in [6.07, 6.45) is 0. The van der Waals surface area contributed by atoms with Crippen LogP contribution in [0.2, 0.25) is 0 Å². The van der Waals surface area contributed by atoms with Crippen molar-refractivity contribution in [3.8, 4) is 22.6 Å². The lowest BCUT2D eigenvalue weighted by Gasteiger charge is -2.35. The van der Waals surface area contributed by atoms with Gasteiger partial charge in [0.2, 0.25) is 0 Å². The maximum atomic E-state index is 7.37. The van der Waals surface area contributed by atoms with Crippen molar-refractivity contribution in [1.29, 1.82) is 0 Å². The van der Waals surface area contributed by atoms with E-state index in [1.807, 2.05) is 24.3 Å². The highest BCUT2D eigenvalue weighted by molar-refractivity contribution is 7.18. The largest absolute Gasteiger partial charge is 0.473 e. The molecule has 4 heteroatoms. The third kappa shape index (κ3) is 5.86. The molecule has 0 heterocycles. The quantitative estimate of drug-likeness (QED) is 0.141. The molecule has 0 saturated carbocycles. The standard InChI is InChI=1S/C46H36O2P2/c49-45(35-19-5-1-6-20-35,36-21-7-2-8-22-36)47-41-31-29-33-17-13-15-27-39(33)43(41)44-40-28-16-14-18-34(40)30-32-42(44)48-46(50,37-23-9-3-10-24-37)38-25-11-4-12-26-38/h1-32H,49-50H2. The van der Waals surface area contributed by atoms with Crippen LogP contribution in [0.25, 0.3) is 32.7 Å². The van der Waals surface area contributed by atoms with E-state index < -0.39 is 10.7 Å². The van der Waals surface area contributed by atoms with E-state index in [1.54, 1.807) is 0 Å². The Bertz CT molecular complexity index is 2140. The third-order valence-corrected chi connectivity index (χ3v) is 11.0. The van der Waals surface area contributed by atoms with Crippen molar-refractivity contribution in [1.82, 2.24) is 0 Å². The second-order valence-electron chi connectivity index (χ2n) is 12.5. The molecule has 0 spiro atoms. The second-order valence-corrected chi connectivity index (χ2v) is 14.1. The van der Waals surface area contributed by atoms with E-state index in [0.29, 0.717) is 0 Å². The molecule has 0 aromatic heterocycles. The number of ether oxygens (including phenoxy) is 2. The predicted molar refractivity (Wildman–Crippen MR) is 215 cm³/mol. The summed E-state index contributed by atoms with van der Waals surface area (Å²) in [5.41, 5.74) is 6.07. The SMILES string of the molecule is PC(Oc1ccc2ccccc2c1-c1c(OC(P)(c2ccccc2)c2ccccc2)ccc2ccccc12)(c1ccccc1)c1ccccc1. The van der Waals surface area contributed by atoms with Gasteiger partial charge in [0.25, 0.3) is 0 Å². The maximum Gasteiger partial charge on any atom is 0.171 e. The monoisotopic (exact) mass is 682 g/mol. The highest BCUT2D eigenvalue weighted by Gasteiger charge is 2.35. The average molecular weight is 683 g/mol. The Kier molecular flexibility index (Phi) is 8.68. The first kappa shape index (κ1) is 32.0. The normalized spacial score (nSPS) is 11.8. The lowest BCUT2D eigenvalue weighted by molar-refractivity contribution is 0.207. The number of hydrogen-bond acceptors (Lipinski definition) is 2. The summed E-state index contributed by atoms with van der Waals surface area (Å²) in [5, 5.41) is 2.64. The van der Waals surface area contributed by atoms with Gasteiger partial charge in [0.15, 0.2) is 10.7 Å². The van der Waals surface area contributed by atoms with E-state index in [4.69, 9.17) is 9.47 Å². The van der Waals surface area contributed by atoms with Crippen LogP contribution in [0.4, 0.5) is 0 Å².